The zero-order valence-electron chi connectivity index (χ0n) is 14.8. The number of fused-ring (bicyclic) bond motifs is 2. The zero-order chi connectivity index (χ0) is 20.3. The molecule has 2 fully saturated rings. The van der Waals surface area contributed by atoms with Crippen molar-refractivity contribution in [2.75, 3.05) is 11.6 Å². The fourth-order valence-electron chi connectivity index (χ4n) is 3.86. The Balaban J connectivity index is 1.66. The molecule has 3 heterocycles. The van der Waals surface area contributed by atoms with Crippen molar-refractivity contribution in [3.8, 4) is 0 Å². The van der Waals surface area contributed by atoms with E-state index < -0.39 is 31.9 Å². The van der Waals surface area contributed by atoms with E-state index in [2.05, 4.69) is 19.8 Å². The number of anilines is 1. The van der Waals surface area contributed by atoms with Crippen LogP contribution in [0.2, 0.25) is 0 Å². The highest BCUT2D eigenvalue weighted by atomic mass is 32.2. The molecule has 0 radical (unpaired) electrons. The molecule has 3 aliphatic rings. The first-order valence-corrected chi connectivity index (χ1v) is 12.8. The second-order valence-electron chi connectivity index (χ2n) is 7.08. The summed E-state index contributed by atoms with van der Waals surface area (Å²) in [5.74, 6) is -2.68. The number of carbonyl (C=O) groups excluding carboxylic acids is 2. The molecule has 28 heavy (non-hydrogen) atoms. The maximum absolute atomic E-state index is 12.8. The Hall–Kier alpha value is -1.83. The summed E-state index contributed by atoms with van der Waals surface area (Å²) in [5.41, 5.74) is 0.246. The number of nitrogens with zero attached hydrogens (tertiary/aromatic N) is 1. The Bertz CT molecular complexity index is 1100. The van der Waals surface area contributed by atoms with Crippen LogP contribution in [-0.4, -0.2) is 46.7 Å². The summed E-state index contributed by atoms with van der Waals surface area (Å²) in [5, 5.41) is 7.33. The maximum atomic E-state index is 12.8. The molecule has 2 aliphatic heterocycles. The fraction of sp³-hybridized carbons (Fsp3) is 0.533. The van der Waals surface area contributed by atoms with Crippen molar-refractivity contribution in [2.24, 2.45) is 16.2 Å². The van der Waals surface area contributed by atoms with Gasteiger partial charge in [-0.15, -0.1) is 15.7 Å². The van der Waals surface area contributed by atoms with Gasteiger partial charge < -0.3 is 10.6 Å². The molecule has 1 saturated heterocycles. The first-order chi connectivity index (χ1) is 13.1. The van der Waals surface area contributed by atoms with Crippen LogP contribution >= 0.6 is 11.3 Å². The molecule has 0 spiro atoms. The number of Topliss-reactive ketones (excluding diaryl/α,β-unsaturated/α-hetero) is 1. The smallest absolute Gasteiger partial charge is 0.287 e. The van der Waals surface area contributed by atoms with Crippen LogP contribution in [0.4, 0.5) is 5.00 Å². The number of carbonyl (C=O) groups is 2. The van der Waals surface area contributed by atoms with Gasteiger partial charge in [0, 0.05) is 24.1 Å². The molecule has 13 heteroatoms. The topological polar surface area (TPSA) is 151 Å². The molecule has 1 aliphatic carbocycles. The summed E-state index contributed by atoms with van der Waals surface area (Å²) in [7, 11) is -7.70. The quantitative estimate of drug-likeness (QED) is 0.542. The second-order valence-corrected chi connectivity index (χ2v) is 11.3. The Morgan fingerprint density at radius 1 is 1.32 bits per heavy atom. The van der Waals surface area contributed by atoms with E-state index in [9.17, 15) is 26.4 Å². The molecule has 3 atom stereocenters. The minimum atomic E-state index is -4.20. The molecule has 0 aromatic carbocycles. The summed E-state index contributed by atoms with van der Waals surface area (Å²) in [6.45, 7) is -0.205. The van der Waals surface area contributed by atoms with Crippen molar-refractivity contribution in [2.45, 2.75) is 36.7 Å². The molecule has 1 saturated carbocycles. The summed E-state index contributed by atoms with van der Waals surface area (Å²) in [6, 6.07) is -0.192. The number of piperidine rings is 1. The first kappa shape index (κ1) is 19.5. The molecule has 1 aromatic heterocycles. The monoisotopic (exact) mass is 446 g/mol. The van der Waals surface area contributed by atoms with Crippen LogP contribution in [0.3, 0.4) is 0 Å². The lowest BCUT2D eigenvalue weighted by Crippen LogP contribution is -2.56. The van der Waals surface area contributed by atoms with Gasteiger partial charge in [0.1, 0.15) is 15.7 Å². The highest BCUT2D eigenvalue weighted by molar-refractivity contribution is 7.91. The number of hydrogen-bond acceptors (Lipinski definition) is 8. The summed E-state index contributed by atoms with van der Waals surface area (Å²) >= 11 is 1.05. The maximum Gasteiger partial charge on any atom is 0.287 e. The van der Waals surface area contributed by atoms with Crippen LogP contribution in [0.25, 0.3) is 0 Å². The van der Waals surface area contributed by atoms with E-state index in [0.717, 1.165) is 30.4 Å². The molecular formula is C15H18N4O6S3. The molecular weight excluding hydrogens is 428 g/mol. The van der Waals surface area contributed by atoms with Crippen molar-refractivity contribution in [1.29, 1.82) is 0 Å². The lowest BCUT2D eigenvalue weighted by molar-refractivity contribution is -0.138. The van der Waals surface area contributed by atoms with E-state index in [1.54, 1.807) is 0 Å². The number of amides is 1. The van der Waals surface area contributed by atoms with Crippen LogP contribution in [-0.2, 0) is 36.2 Å². The number of amidine groups is 1. The van der Waals surface area contributed by atoms with Gasteiger partial charge in [0.05, 0.1) is 6.26 Å². The normalized spacial score (nSPS) is 28.8. The van der Waals surface area contributed by atoms with E-state index in [-0.39, 0.29) is 45.6 Å². The van der Waals surface area contributed by atoms with Crippen LogP contribution in [0.1, 0.15) is 24.8 Å². The largest absolute Gasteiger partial charge is 0.352 e. The molecule has 1 amide bonds. The van der Waals surface area contributed by atoms with E-state index in [1.807, 2.05) is 0 Å². The number of nitrogens with one attached hydrogen (secondary N) is 3. The second kappa shape index (κ2) is 6.61. The van der Waals surface area contributed by atoms with Crippen LogP contribution in [0.15, 0.2) is 14.7 Å². The van der Waals surface area contributed by atoms with Gasteiger partial charge in [-0.05, 0) is 18.2 Å². The molecule has 152 valence electrons. The molecule has 0 bridgehead atoms. The average Bonchev–Trinajstić information content (AvgIpc) is 3.18. The summed E-state index contributed by atoms with van der Waals surface area (Å²) in [6.07, 6.45) is 3.20. The van der Waals surface area contributed by atoms with Crippen molar-refractivity contribution in [3.63, 3.8) is 0 Å². The van der Waals surface area contributed by atoms with Gasteiger partial charge in [0.2, 0.25) is 15.9 Å². The molecule has 1 aromatic rings. The average molecular weight is 447 g/mol. The lowest BCUT2D eigenvalue weighted by Gasteiger charge is -2.32. The Labute approximate surface area is 165 Å². The molecule has 3 unspecified atom stereocenters. The van der Waals surface area contributed by atoms with E-state index in [1.165, 1.54) is 5.38 Å². The van der Waals surface area contributed by atoms with Gasteiger partial charge in [-0.1, -0.05) is 6.42 Å². The van der Waals surface area contributed by atoms with Gasteiger partial charge in [-0.2, -0.15) is 8.42 Å². The van der Waals surface area contributed by atoms with Crippen molar-refractivity contribution in [1.82, 2.24) is 10.0 Å². The van der Waals surface area contributed by atoms with Gasteiger partial charge in [-0.3, -0.25) is 9.59 Å². The number of sulfonamides is 2. The third kappa shape index (κ3) is 3.36. The van der Waals surface area contributed by atoms with Crippen LogP contribution < -0.4 is 15.4 Å². The van der Waals surface area contributed by atoms with Gasteiger partial charge in [0.15, 0.2) is 11.7 Å². The van der Waals surface area contributed by atoms with Gasteiger partial charge in [-0.25, -0.2) is 13.1 Å². The number of ketones is 1. The minimum Gasteiger partial charge on any atom is -0.352 e. The predicted molar refractivity (Wildman–Crippen MR) is 102 cm³/mol. The Morgan fingerprint density at radius 3 is 2.79 bits per heavy atom. The third-order valence-corrected chi connectivity index (χ3v) is 8.25. The standard InChI is InChI=1S/C15H18N4O6S3/c1-27(22,23)16-5-7-6-26-15-12(7)28(24,25)19-13(18-15)10-11(20)8-3-2-4-9(8)17-14(10)21/h6,8-10,16H,2-5H2,1H3,(H,17,21)(H,18,19). The minimum absolute atomic E-state index is 0.139. The summed E-state index contributed by atoms with van der Waals surface area (Å²) in [4.78, 5) is 25.1. The summed E-state index contributed by atoms with van der Waals surface area (Å²) < 4.78 is 54.0. The van der Waals surface area contributed by atoms with Crippen molar-refractivity contribution < 1.29 is 26.4 Å². The third-order valence-electron chi connectivity index (χ3n) is 5.09. The molecule has 4 rings (SSSR count). The highest BCUT2D eigenvalue weighted by Gasteiger charge is 2.48. The van der Waals surface area contributed by atoms with Gasteiger partial charge in [0.25, 0.3) is 10.0 Å². The highest BCUT2D eigenvalue weighted by Crippen LogP contribution is 2.39. The number of rotatable bonds is 4. The number of hydrogen-bond donors (Lipinski definition) is 3. The van der Waals surface area contributed by atoms with Crippen LogP contribution in [0, 0.1) is 11.8 Å². The zero-order valence-corrected chi connectivity index (χ0v) is 17.2. The predicted octanol–water partition coefficient (Wildman–Crippen LogP) is -0.206. The lowest BCUT2D eigenvalue weighted by atomic mass is 9.83. The van der Waals surface area contributed by atoms with Crippen molar-refractivity contribution >= 4 is 53.9 Å². The first-order valence-electron chi connectivity index (χ1n) is 8.58. The van der Waals surface area contributed by atoms with E-state index in [0.29, 0.717) is 6.42 Å². The molecule has 10 nitrogen and oxygen atoms in total. The molecule has 3 N–H and O–H groups in total. The van der Waals surface area contributed by atoms with Gasteiger partial charge >= 0.3 is 0 Å². The Morgan fingerprint density at radius 2 is 2.07 bits per heavy atom. The SMILES string of the molecule is CS(=O)(=O)NCc1csc2c1S(=O)(=O)N=C(C1C(=O)NC3CCCC3C1=O)N2. The van der Waals surface area contributed by atoms with Crippen molar-refractivity contribution in [3.05, 3.63) is 10.9 Å². The van der Waals surface area contributed by atoms with Crippen LogP contribution in [0.5, 0.6) is 0 Å². The fourth-order valence-corrected chi connectivity index (χ4v) is 6.93. The number of thiophene rings is 1. The Kier molecular flexibility index (Phi) is 4.60. The van der Waals surface area contributed by atoms with E-state index >= 15 is 0 Å². The van der Waals surface area contributed by atoms with E-state index in [4.69, 9.17) is 0 Å².